The SMILES string of the molecule is CC(C)Cn1cncc1Br. The molecule has 1 rings (SSSR count). The molecule has 3 heteroatoms. The first-order chi connectivity index (χ1) is 4.70. The van der Waals surface area contributed by atoms with Crippen LogP contribution in [0.25, 0.3) is 0 Å². The van der Waals surface area contributed by atoms with E-state index in [0.717, 1.165) is 11.1 Å². The fourth-order valence-corrected chi connectivity index (χ4v) is 1.19. The molecule has 0 bridgehead atoms. The summed E-state index contributed by atoms with van der Waals surface area (Å²) in [5.41, 5.74) is 0. The Morgan fingerprint density at radius 3 is 2.80 bits per heavy atom. The minimum atomic E-state index is 0.672. The summed E-state index contributed by atoms with van der Waals surface area (Å²) < 4.78 is 3.14. The third kappa shape index (κ3) is 1.84. The van der Waals surface area contributed by atoms with Crippen molar-refractivity contribution >= 4 is 15.9 Å². The second-order valence-electron chi connectivity index (χ2n) is 2.76. The number of halogens is 1. The molecule has 1 aromatic rings. The van der Waals surface area contributed by atoms with Crippen molar-refractivity contribution in [1.82, 2.24) is 9.55 Å². The number of aromatic nitrogens is 2. The summed E-state index contributed by atoms with van der Waals surface area (Å²) in [6.07, 6.45) is 3.65. The summed E-state index contributed by atoms with van der Waals surface area (Å²) in [6.45, 7) is 5.40. The van der Waals surface area contributed by atoms with Crippen molar-refractivity contribution < 1.29 is 0 Å². The first kappa shape index (κ1) is 7.79. The van der Waals surface area contributed by atoms with Crippen LogP contribution in [0, 0.1) is 5.92 Å². The van der Waals surface area contributed by atoms with E-state index < -0.39 is 0 Å². The van der Waals surface area contributed by atoms with Crippen molar-refractivity contribution in [3.05, 3.63) is 17.1 Å². The van der Waals surface area contributed by atoms with E-state index in [-0.39, 0.29) is 0 Å². The Morgan fingerprint density at radius 2 is 2.40 bits per heavy atom. The lowest BCUT2D eigenvalue weighted by Crippen LogP contribution is -2.02. The van der Waals surface area contributed by atoms with Gasteiger partial charge >= 0.3 is 0 Å². The Morgan fingerprint density at radius 1 is 1.70 bits per heavy atom. The molecular formula is C7H11BrN2. The molecule has 0 saturated carbocycles. The van der Waals surface area contributed by atoms with E-state index in [1.54, 1.807) is 0 Å². The Bertz CT molecular complexity index is 205. The van der Waals surface area contributed by atoms with Gasteiger partial charge in [-0.05, 0) is 21.8 Å². The first-order valence-corrected chi connectivity index (χ1v) is 4.15. The quantitative estimate of drug-likeness (QED) is 0.721. The third-order valence-corrected chi connectivity index (χ3v) is 1.88. The van der Waals surface area contributed by atoms with Gasteiger partial charge in [0.15, 0.2) is 0 Å². The summed E-state index contributed by atoms with van der Waals surface area (Å²) in [6, 6.07) is 0. The van der Waals surface area contributed by atoms with E-state index in [9.17, 15) is 0 Å². The van der Waals surface area contributed by atoms with Crippen molar-refractivity contribution in [1.29, 1.82) is 0 Å². The number of nitrogens with zero attached hydrogens (tertiary/aromatic N) is 2. The second-order valence-corrected chi connectivity index (χ2v) is 3.58. The van der Waals surface area contributed by atoms with E-state index in [1.807, 2.05) is 12.5 Å². The zero-order valence-corrected chi connectivity index (χ0v) is 7.80. The van der Waals surface area contributed by atoms with Crippen molar-refractivity contribution in [3.8, 4) is 0 Å². The maximum absolute atomic E-state index is 3.99. The predicted octanol–water partition coefficient (Wildman–Crippen LogP) is 2.30. The van der Waals surface area contributed by atoms with Gasteiger partial charge in [-0.25, -0.2) is 4.98 Å². The maximum Gasteiger partial charge on any atom is 0.104 e. The lowest BCUT2D eigenvalue weighted by Gasteiger charge is -2.05. The highest BCUT2D eigenvalue weighted by molar-refractivity contribution is 9.10. The molecule has 10 heavy (non-hydrogen) atoms. The van der Waals surface area contributed by atoms with Gasteiger partial charge in [0.05, 0.1) is 12.5 Å². The third-order valence-electron chi connectivity index (χ3n) is 1.22. The number of hydrogen-bond acceptors (Lipinski definition) is 1. The molecular weight excluding hydrogens is 192 g/mol. The standard InChI is InChI=1S/C7H11BrN2/c1-6(2)4-10-5-9-3-7(10)8/h3,5-6H,4H2,1-2H3. The predicted molar refractivity (Wildman–Crippen MR) is 44.8 cm³/mol. The van der Waals surface area contributed by atoms with Crippen LogP contribution in [0.2, 0.25) is 0 Å². The molecule has 0 spiro atoms. The minimum absolute atomic E-state index is 0.672. The van der Waals surface area contributed by atoms with Crippen LogP contribution in [0.1, 0.15) is 13.8 Å². The molecule has 0 amide bonds. The van der Waals surface area contributed by atoms with E-state index in [4.69, 9.17) is 0 Å². The molecule has 0 atom stereocenters. The van der Waals surface area contributed by atoms with Gasteiger partial charge in [-0.3, -0.25) is 0 Å². The molecule has 1 heterocycles. The monoisotopic (exact) mass is 202 g/mol. The largest absolute Gasteiger partial charge is 0.325 e. The van der Waals surface area contributed by atoms with Crippen LogP contribution < -0.4 is 0 Å². The smallest absolute Gasteiger partial charge is 0.104 e. The second kappa shape index (κ2) is 3.19. The Balaban J connectivity index is 2.65. The molecule has 0 saturated heterocycles. The molecule has 0 radical (unpaired) electrons. The van der Waals surface area contributed by atoms with E-state index in [2.05, 4.69) is 39.3 Å². The van der Waals surface area contributed by atoms with Crippen LogP contribution >= 0.6 is 15.9 Å². The molecule has 0 fully saturated rings. The summed E-state index contributed by atoms with van der Waals surface area (Å²) in [7, 11) is 0. The summed E-state index contributed by atoms with van der Waals surface area (Å²) >= 11 is 3.40. The lowest BCUT2D eigenvalue weighted by atomic mass is 10.2. The van der Waals surface area contributed by atoms with Crippen LogP contribution in [-0.4, -0.2) is 9.55 Å². The average Bonchev–Trinajstić information content (AvgIpc) is 2.15. The average molecular weight is 203 g/mol. The fourth-order valence-electron chi connectivity index (χ4n) is 0.832. The van der Waals surface area contributed by atoms with Gasteiger partial charge in [-0.2, -0.15) is 0 Å². The lowest BCUT2D eigenvalue weighted by molar-refractivity contribution is 0.517. The van der Waals surface area contributed by atoms with Crippen LogP contribution in [0.4, 0.5) is 0 Å². The van der Waals surface area contributed by atoms with E-state index >= 15 is 0 Å². The summed E-state index contributed by atoms with van der Waals surface area (Å²) in [4.78, 5) is 3.99. The Hall–Kier alpha value is -0.310. The molecule has 0 aromatic carbocycles. The highest BCUT2D eigenvalue weighted by Gasteiger charge is 1.98. The van der Waals surface area contributed by atoms with Gasteiger partial charge in [0.1, 0.15) is 4.60 Å². The number of imidazole rings is 1. The molecule has 56 valence electrons. The maximum atomic E-state index is 3.99. The Kier molecular flexibility index (Phi) is 2.49. The van der Waals surface area contributed by atoms with Gasteiger partial charge in [0.2, 0.25) is 0 Å². The van der Waals surface area contributed by atoms with Crippen molar-refractivity contribution in [2.24, 2.45) is 5.92 Å². The Labute approximate surface area is 69.4 Å². The van der Waals surface area contributed by atoms with Crippen LogP contribution in [-0.2, 0) is 6.54 Å². The number of rotatable bonds is 2. The number of hydrogen-bond donors (Lipinski definition) is 0. The molecule has 1 aromatic heterocycles. The molecule has 0 N–H and O–H groups in total. The van der Waals surface area contributed by atoms with E-state index in [0.29, 0.717) is 5.92 Å². The van der Waals surface area contributed by atoms with E-state index in [1.165, 1.54) is 0 Å². The molecule has 0 aliphatic rings. The molecule has 2 nitrogen and oxygen atoms in total. The van der Waals surface area contributed by atoms with Crippen LogP contribution in [0.3, 0.4) is 0 Å². The fraction of sp³-hybridized carbons (Fsp3) is 0.571. The zero-order chi connectivity index (χ0) is 7.56. The van der Waals surface area contributed by atoms with Crippen molar-refractivity contribution in [2.75, 3.05) is 0 Å². The highest BCUT2D eigenvalue weighted by Crippen LogP contribution is 2.10. The van der Waals surface area contributed by atoms with Gasteiger partial charge in [0, 0.05) is 6.54 Å². The van der Waals surface area contributed by atoms with Gasteiger partial charge in [-0.1, -0.05) is 13.8 Å². The summed E-state index contributed by atoms with van der Waals surface area (Å²) in [5, 5.41) is 0. The van der Waals surface area contributed by atoms with Gasteiger partial charge in [0.25, 0.3) is 0 Å². The highest BCUT2D eigenvalue weighted by atomic mass is 79.9. The summed E-state index contributed by atoms with van der Waals surface area (Å²) in [5.74, 6) is 0.672. The minimum Gasteiger partial charge on any atom is -0.325 e. The normalized spacial score (nSPS) is 10.8. The zero-order valence-electron chi connectivity index (χ0n) is 6.21. The van der Waals surface area contributed by atoms with Crippen LogP contribution in [0.15, 0.2) is 17.1 Å². The molecule has 0 aliphatic carbocycles. The van der Waals surface area contributed by atoms with Gasteiger partial charge in [-0.15, -0.1) is 0 Å². The van der Waals surface area contributed by atoms with Gasteiger partial charge < -0.3 is 4.57 Å². The molecule has 0 aliphatic heterocycles. The van der Waals surface area contributed by atoms with Crippen LogP contribution in [0.5, 0.6) is 0 Å². The van der Waals surface area contributed by atoms with Crippen molar-refractivity contribution in [3.63, 3.8) is 0 Å². The van der Waals surface area contributed by atoms with Crippen molar-refractivity contribution in [2.45, 2.75) is 20.4 Å². The topological polar surface area (TPSA) is 17.8 Å². The first-order valence-electron chi connectivity index (χ1n) is 3.36. The molecule has 0 unspecified atom stereocenters.